The van der Waals surface area contributed by atoms with E-state index in [-0.39, 0.29) is 5.56 Å². The van der Waals surface area contributed by atoms with Gasteiger partial charge in [-0.15, -0.1) is 0 Å². The van der Waals surface area contributed by atoms with Crippen molar-refractivity contribution >= 4 is 11.9 Å². The second-order valence-corrected chi connectivity index (χ2v) is 7.33. The highest BCUT2D eigenvalue weighted by Crippen LogP contribution is 2.25. The lowest BCUT2D eigenvalue weighted by atomic mass is 10.1. The molecule has 3 rings (SSSR count). The van der Waals surface area contributed by atoms with Gasteiger partial charge in [0.25, 0.3) is 0 Å². The molecule has 0 aliphatic heterocycles. The van der Waals surface area contributed by atoms with Gasteiger partial charge in [0.05, 0.1) is 23.9 Å². The van der Waals surface area contributed by atoms with E-state index in [0.717, 1.165) is 17.0 Å². The van der Waals surface area contributed by atoms with Crippen LogP contribution in [-0.2, 0) is 11.2 Å². The molecule has 0 saturated carbocycles. The van der Waals surface area contributed by atoms with Crippen LogP contribution in [0.3, 0.4) is 0 Å². The predicted octanol–water partition coefficient (Wildman–Crippen LogP) is 3.40. The molecule has 2 aromatic carbocycles. The number of ether oxygens (including phenoxy) is 1. The number of carboxylic acids is 1. The van der Waals surface area contributed by atoms with Crippen molar-refractivity contribution in [3.63, 3.8) is 0 Å². The molecule has 0 aliphatic rings. The highest BCUT2D eigenvalue weighted by molar-refractivity contribution is 5.93. The van der Waals surface area contributed by atoms with Crippen LogP contribution >= 0.6 is 0 Å². The zero-order valence-electron chi connectivity index (χ0n) is 17.8. The van der Waals surface area contributed by atoms with Crippen molar-refractivity contribution in [1.29, 1.82) is 0 Å². The zero-order chi connectivity index (χ0) is 22.5. The average Bonchev–Trinajstić information content (AvgIpc) is 3.10. The molecule has 0 spiro atoms. The summed E-state index contributed by atoms with van der Waals surface area (Å²) < 4.78 is 6.87. The van der Waals surface area contributed by atoms with E-state index in [1.165, 1.54) is 7.11 Å². The summed E-state index contributed by atoms with van der Waals surface area (Å²) in [7, 11) is 1.34. The standard InChI is InChI=1S/C24H26N2O5/c1-15-7-8-16(2)26(15)21-14-18(9-10-20(21)24(30)31-3)22(27)25-12-11-17-5-4-6-19(13-17)23(28)29/h4-10,13-14,22,25,27H,11-12H2,1-3H3,(H,28,29). The quantitative estimate of drug-likeness (QED) is 0.380. The third-order valence-corrected chi connectivity index (χ3v) is 5.18. The minimum atomic E-state index is -0.969. The number of hydrogen-bond donors (Lipinski definition) is 3. The van der Waals surface area contributed by atoms with E-state index in [9.17, 15) is 14.7 Å². The maximum absolute atomic E-state index is 12.3. The molecule has 0 fully saturated rings. The molecule has 1 atom stereocenters. The van der Waals surface area contributed by atoms with Gasteiger partial charge in [0.1, 0.15) is 6.23 Å². The fourth-order valence-corrected chi connectivity index (χ4v) is 3.57. The van der Waals surface area contributed by atoms with E-state index >= 15 is 0 Å². The molecule has 0 amide bonds. The van der Waals surface area contributed by atoms with E-state index in [4.69, 9.17) is 9.84 Å². The number of carbonyl (C=O) groups excluding carboxylic acids is 1. The lowest BCUT2D eigenvalue weighted by Gasteiger charge is -2.18. The van der Waals surface area contributed by atoms with E-state index in [1.54, 1.807) is 36.4 Å². The summed E-state index contributed by atoms with van der Waals surface area (Å²) in [6.45, 7) is 4.33. The number of nitrogens with zero attached hydrogens (tertiary/aromatic N) is 1. The Labute approximate surface area is 180 Å². The third kappa shape index (κ3) is 5.02. The molecule has 0 saturated heterocycles. The smallest absolute Gasteiger partial charge is 0.339 e. The van der Waals surface area contributed by atoms with Gasteiger partial charge in [-0.1, -0.05) is 18.2 Å². The maximum Gasteiger partial charge on any atom is 0.339 e. The largest absolute Gasteiger partial charge is 0.478 e. The van der Waals surface area contributed by atoms with Gasteiger partial charge in [-0.2, -0.15) is 0 Å². The molecule has 7 nitrogen and oxygen atoms in total. The third-order valence-electron chi connectivity index (χ3n) is 5.18. The van der Waals surface area contributed by atoms with Crippen molar-refractivity contribution < 1.29 is 24.5 Å². The van der Waals surface area contributed by atoms with Crippen molar-refractivity contribution in [2.24, 2.45) is 0 Å². The summed E-state index contributed by atoms with van der Waals surface area (Å²) in [6, 6.07) is 15.8. The summed E-state index contributed by atoms with van der Waals surface area (Å²) in [4.78, 5) is 23.4. The Morgan fingerprint density at radius 1 is 1.06 bits per heavy atom. The Bertz CT molecular complexity index is 1080. The number of carboxylic acid groups (broad SMARTS) is 1. The summed E-state index contributed by atoms with van der Waals surface area (Å²) in [5, 5.41) is 22.8. The number of aromatic nitrogens is 1. The van der Waals surface area contributed by atoms with Gasteiger partial charge in [-0.3, -0.25) is 5.32 Å². The lowest BCUT2D eigenvalue weighted by molar-refractivity contribution is 0.0599. The Kier molecular flexibility index (Phi) is 6.89. The molecule has 7 heteroatoms. The van der Waals surface area contributed by atoms with E-state index in [1.807, 2.05) is 36.6 Å². The number of carbonyl (C=O) groups is 2. The Morgan fingerprint density at radius 3 is 2.42 bits per heavy atom. The number of aliphatic hydroxyl groups excluding tert-OH is 1. The van der Waals surface area contributed by atoms with Crippen LogP contribution in [0.5, 0.6) is 0 Å². The second kappa shape index (κ2) is 9.59. The number of aliphatic hydroxyl groups is 1. The van der Waals surface area contributed by atoms with Gasteiger partial charge in [-0.25, -0.2) is 9.59 Å². The van der Waals surface area contributed by atoms with E-state index < -0.39 is 18.2 Å². The first-order valence-electron chi connectivity index (χ1n) is 9.93. The molecule has 3 N–H and O–H groups in total. The van der Waals surface area contributed by atoms with Crippen molar-refractivity contribution in [1.82, 2.24) is 9.88 Å². The molecule has 0 radical (unpaired) electrons. The first-order chi connectivity index (χ1) is 14.8. The fraction of sp³-hybridized carbons (Fsp3) is 0.250. The highest BCUT2D eigenvalue weighted by Gasteiger charge is 2.18. The van der Waals surface area contributed by atoms with Crippen molar-refractivity contribution in [2.45, 2.75) is 26.5 Å². The summed E-state index contributed by atoms with van der Waals surface area (Å²) in [5.41, 5.74) is 4.67. The summed E-state index contributed by atoms with van der Waals surface area (Å²) >= 11 is 0. The maximum atomic E-state index is 12.3. The molecule has 31 heavy (non-hydrogen) atoms. The molecular formula is C24H26N2O5. The van der Waals surface area contributed by atoms with Gasteiger partial charge in [0, 0.05) is 17.9 Å². The van der Waals surface area contributed by atoms with Crippen LogP contribution in [0.1, 0.15) is 49.5 Å². The van der Waals surface area contributed by atoms with Crippen molar-refractivity contribution in [3.8, 4) is 5.69 Å². The van der Waals surface area contributed by atoms with Crippen LogP contribution in [-0.4, -0.2) is 40.4 Å². The topological polar surface area (TPSA) is 101 Å². The first kappa shape index (κ1) is 22.3. The monoisotopic (exact) mass is 422 g/mol. The SMILES string of the molecule is COC(=O)c1ccc(C(O)NCCc2cccc(C(=O)O)c2)cc1-n1c(C)ccc1C. The Balaban J connectivity index is 1.79. The number of aromatic carboxylic acids is 1. The van der Waals surface area contributed by atoms with Crippen molar-refractivity contribution in [3.05, 3.63) is 88.2 Å². The highest BCUT2D eigenvalue weighted by atomic mass is 16.5. The van der Waals surface area contributed by atoms with Crippen LogP contribution in [0, 0.1) is 13.8 Å². The molecule has 1 aromatic heterocycles. The number of methoxy groups -OCH3 is 1. The number of hydrogen-bond acceptors (Lipinski definition) is 5. The molecule has 0 bridgehead atoms. The molecule has 1 heterocycles. The Morgan fingerprint density at radius 2 is 1.77 bits per heavy atom. The minimum Gasteiger partial charge on any atom is -0.478 e. The molecule has 3 aromatic rings. The number of benzene rings is 2. The van der Waals surface area contributed by atoms with Gasteiger partial charge in [-0.05, 0) is 67.8 Å². The Hall–Kier alpha value is -3.42. The number of nitrogens with one attached hydrogen (secondary N) is 1. The predicted molar refractivity (Wildman–Crippen MR) is 117 cm³/mol. The molecular weight excluding hydrogens is 396 g/mol. The van der Waals surface area contributed by atoms with Crippen LogP contribution in [0.4, 0.5) is 0 Å². The number of aryl methyl sites for hydroxylation is 2. The van der Waals surface area contributed by atoms with Crippen molar-refractivity contribution in [2.75, 3.05) is 13.7 Å². The van der Waals surface area contributed by atoms with Crippen LogP contribution in [0.2, 0.25) is 0 Å². The number of esters is 1. The zero-order valence-corrected chi connectivity index (χ0v) is 17.8. The normalized spacial score (nSPS) is 11.9. The molecule has 1 unspecified atom stereocenters. The average molecular weight is 422 g/mol. The van der Waals surface area contributed by atoms with Crippen LogP contribution in [0.25, 0.3) is 5.69 Å². The second-order valence-electron chi connectivity index (χ2n) is 7.33. The van der Waals surface area contributed by atoms with Gasteiger partial charge >= 0.3 is 11.9 Å². The van der Waals surface area contributed by atoms with Gasteiger partial charge in [0.15, 0.2) is 0 Å². The lowest BCUT2D eigenvalue weighted by Crippen LogP contribution is -2.24. The van der Waals surface area contributed by atoms with Gasteiger partial charge in [0.2, 0.25) is 0 Å². The summed E-state index contributed by atoms with van der Waals surface area (Å²) in [5.74, 6) is -1.42. The van der Waals surface area contributed by atoms with Crippen LogP contribution in [0.15, 0.2) is 54.6 Å². The summed E-state index contributed by atoms with van der Waals surface area (Å²) in [6.07, 6.45) is -0.398. The molecule has 0 aliphatic carbocycles. The van der Waals surface area contributed by atoms with Gasteiger partial charge < -0.3 is 19.5 Å². The van der Waals surface area contributed by atoms with Crippen LogP contribution < -0.4 is 5.32 Å². The van der Waals surface area contributed by atoms with E-state index in [2.05, 4.69) is 5.32 Å². The first-order valence-corrected chi connectivity index (χ1v) is 9.93. The molecule has 162 valence electrons. The number of rotatable bonds is 8. The van der Waals surface area contributed by atoms with E-state index in [0.29, 0.717) is 29.8 Å². The minimum absolute atomic E-state index is 0.235. The fourth-order valence-electron chi connectivity index (χ4n) is 3.57.